The highest BCUT2D eigenvalue weighted by Gasteiger charge is 2.02. The molecule has 2 rings (SSSR count). The summed E-state index contributed by atoms with van der Waals surface area (Å²) in [4.78, 5) is 14.7. The Labute approximate surface area is 104 Å². The molecule has 0 spiro atoms. The van der Waals surface area contributed by atoms with Gasteiger partial charge in [0.2, 0.25) is 0 Å². The summed E-state index contributed by atoms with van der Waals surface area (Å²) in [6, 6.07) is 6.30. The van der Waals surface area contributed by atoms with E-state index in [0.717, 1.165) is 5.82 Å². The van der Waals surface area contributed by atoms with E-state index >= 15 is 0 Å². The van der Waals surface area contributed by atoms with Crippen LogP contribution in [0.4, 0.5) is 0 Å². The maximum Gasteiger partial charge on any atom is 0.335 e. The number of hydrogen-bond donors (Lipinski definition) is 1. The number of aromatic nitrogens is 3. The Hall–Kier alpha value is -2.37. The van der Waals surface area contributed by atoms with Crippen LogP contribution in [0.1, 0.15) is 16.2 Å². The van der Waals surface area contributed by atoms with Crippen LogP contribution in [-0.2, 0) is 6.54 Å². The molecule has 0 saturated heterocycles. The number of nitrogens with zero attached hydrogens (tertiary/aromatic N) is 3. The van der Waals surface area contributed by atoms with Crippen LogP contribution in [0.2, 0.25) is 0 Å². The largest absolute Gasteiger partial charge is 0.492 e. The van der Waals surface area contributed by atoms with E-state index in [4.69, 9.17) is 9.84 Å². The van der Waals surface area contributed by atoms with Gasteiger partial charge in [-0.15, -0.1) is 0 Å². The first-order valence-corrected chi connectivity index (χ1v) is 5.47. The molecule has 0 aliphatic heterocycles. The zero-order valence-electron chi connectivity index (χ0n) is 9.91. The Bertz CT molecular complexity index is 534. The third kappa shape index (κ3) is 2.85. The first-order chi connectivity index (χ1) is 8.66. The number of carboxylic acids is 1. The number of benzene rings is 1. The first kappa shape index (κ1) is 12.1. The lowest BCUT2D eigenvalue weighted by atomic mass is 10.2. The number of rotatable bonds is 5. The van der Waals surface area contributed by atoms with Crippen LogP contribution >= 0.6 is 0 Å². The van der Waals surface area contributed by atoms with E-state index in [2.05, 4.69) is 10.1 Å². The van der Waals surface area contributed by atoms with Gasteiger partial charge in [0.05, 0.1) is 12.1 Å². The number of ether oxygens (including phenoxy) is 1. The summed E-state index contributed by atoms with van der Waals surface area (Å²) in [5.74, 6) is 0.525. The topological polar surface area (TPSA) is 77.2 Å². The lowest BCUT2D eigenvalue weighted by Gasteiger charge is -2.07. The van der Waals surface area contributed by atoms with Crippen LogP contribution in [0, 0.1) is 6.92 Å². The minimum atomic E-state index is -0.945. The molecule has 0 unspecified atom stereocenters. The van der Waals surface area contributed by atoms with Gasteiger partial charge >= 0.3 is 5.97 Å². The molecule has 18 heavy (non-hydrogen) atoms. The maximum absolute atomic E-state index is 10.7. The van der Waals surface area contributed by atoms with Crippen molar-refractivity contribution in [3.05, 3.63) is 42.0 Å². The van der Waals surface area contributed by atoms with Crippen LogP contribution in [0.5, 0.6) is 5.75 Å². The standard InChI is InChI=1S/C12H13N3O3/c1-9-13-8-14-15(9)6-7-18-11-4-2-10(3-5-11)12(16)17/h2-5,8H,6-7H2,1H3,(H,16,17). The molecular weight excluding hydrogens is 234 g/mol. The van der Waals surface area contributed by atoms with Crippen molar-refractivity contribution < 1.29 is 14.6 Å². The maximum atomic E-state index is 10.7. The van der Waals surface area contributed by atoms with Gasteiger partial charge in [-0.1, -0.05) is 0 Å². The average Bonchev–Trinajstić information content (AvgIpc) is 2.76. The molecule has 0 aliphatic rings. The molecule has 0 amide bonds. The van der Waals surface area contributed by atoms with Crippen molar-refractivity contribution in [3.8, 4) is 5.75 Å². The molecule has 0 fully saturated rings. The predicted octanol–water partition coefficient (Wildman–Crippen LogP) is 1.36. The summed E-state index contributed by atoms with van der Waals surface area (Å²) < 4.78 is 7.23. The van der Waals surface area contributed by atoms with Crippen LogP contribution in [0.25, 0.3) is 0 Å². The van der Waals surface area contributed by atoms with Gasteiger partial charge in [-0.25, -0.2) is 14.5 Å². The summed E-state index contributed by atoms with van der Waals surface area (Å²) in [5.41, 5.74) is 0.245. The van der Waals surface area contributed by atoms with E-state index < -0.39 is 5.97 Å². The number of carbonyl (C=O) groups is 1. The SMILES string of the molecule is Cc1ncnn1CCOc1ccc(C(=O)O)cc1. The molecule has 1 aromatic heterocycles. The number of aromatic carboxylic acids is 1. The van der Waals surface area contributed by atoms with Crippen molar-refractivity contribution in [2.24, 2.45) is 0 Å². The van der Waals surface area contributed by atoms with Crippen molar-refractivity contribution in [2.75, 3.05) is 6.61 Å². The lowest BCUT2D eigenvalue weighted by Crippen LogP contribution is -2.11. The molecule has 0 saturated carbocycles. The molecule has 1 N–H and O–H groups in total. The summed E-state index contributed by atoms with van der Waals surface area (Å²) in [6.07, 6.45) is 1.50. The first-order valence-electron chi connectivity index (χ1n) is 5.47. The summed E-state index contributed by atoms with van der Waals surface area (Å²) in [7, 11) is 0. The summed E-state index contributed by atoms with van der Waals surface area (Å²) >= 11 is 0. The molecule has 6 nitrogen and oxygen atoms in total. The van der Waals surface area contributed by atoms with Gasteiger partial charge in [-0.2, -0.15) is 5.10 Å². The molecule has 1 heterocycles. The second kappa shape index (κ2) is 5.31. The highest BCUT2D eigenvalue weighted by Crippen LogP contribution is 2.12. The second-order valence-electron chi connectivity index (χ2n) is 3.71. The van der Waals surface area contributed by atoms with E-state index in [1.165, 1.54) is 18.5 Å². The van der Waals surface area contributed by atoms with Gasteiger partial charge in [-0.05, 0) is 31.2 Å². The number of hydrogen-bond acceptors (Lipinski definition) is 4. The van der Waals surface area contributed by atoms with Crippen molar-refractivity contribution in [1.29, 1.82) is 0 Å². The van der Waals surface area contributed by atoms with E-state index in [9.17, 15) is 4.79 Å². The smallest absolute Gasteiger partial charge is 0.335 e. The van der Waals surface area contributed by atoms with E-state index in [0.29, 0.717) is 18.9 Å². The zero-order chi connectivity index (χ0) is 13.0. The second-order valence-corrected chi connectivity index (χ2v) is 3.71. The van der Waals surface area contributed by atoms with Crippen molar-refractivity contribution in [1.82, 2.24) is 14.8 Å². The highest BCUT2D eigenvalue weighted by molar-refractivity contribution is 5.87. The van der Waals surface area contributed by atoms with Crippen LogP contribution in [0.3, 0.4) is 0 Å². The van der Waals surface area contributed by atoms with Gasteiger partial charge in [0, 0.05) is 0 Å². The summed E-state index contributed by atoms with van der Waals surface area (Å²) in [6.45, 7) is 2.93. The van der Waals surface area contributed by atoms with Gasteiger partial charge < -0.3 is 9.84 Å². The monoisotopic (exact) mass is 247 g/mol. The van der Waals surface area contributed by atoms with E-state index in [-0.39, 0.29) is 5.56 Å². The van der Waals surface area contributed by atoms with Crippen LogP contribution in [-0.4, -0.2) is 32.4 Å². The Morgan fingerprint density at radius 3 is 2.67 bits per heavy atom. The van der Waals surface area contributed by atoms with Gasteiger partial charge in [-0.3, -0.25) is 0 Å². The third-order valence-electron chi connectivity index (χ3n) is 2.48. The van der Waals surface area contributed by atoms with Gasteiger partial charge in [0.15, 0.2) is 0 Å². The van der Waals surface area contributed by atoms with E-state index in [1.807, 2.05) is 6.92 Å². The molecular formula is C12H13N3O3. The zero-order valence-corrected chi connectivity index (χ0v) is 9.91. The predicted molar refractivity (Wildman–Crippen MR) is 63.7 cm³/mol. The molecule has 2 aromatic rings. The Morgan fingerprint density at radius 1 is 1.39 bits per heavy atom. The molecule has 94 valence electrons. The molecule has 6 heteroatoms. The van der Waals surface area contributed by atoms with Crippen LogP contribution < -0.4 is 4.74 Å². The highest BCUT2D eigenvalue weighted by atomic mass is 16.5. The fourth-order valence-electron chi connectivity index (χ4n) is 1.49. The fourth-order valence-corrected chi connectivity index (χ4v) is 1.49. The Morgan fingerprint density at radius 2 is 2.11 bits per heavy atom. The number of carboxylic acid groups (broad SMARTS) is 1. The van der Waals surface area contributed by atoms with Crippen molar-refractivity contribution in [2.45, 2.75) is 13.5 Å². The van der Waals surface area contributed by atoms with E-state index in [1.54, 1.807) is 16.8 Å². The normalized spacial score (nSPS) is 10.3. The van der Waals surface area contributed by atoms with Gasteiger partial charge in [0.1, 0.15) is 24.5 Å². The molecule has 1 aromatic carbocycles. The molecule has 0 aliphatic carbocycles. The Kier molecular flexibility index (Phi) is 3.57. The van der Waals surface area contributed by atoms with Gasteiger partial charge in [0.25, 0.3) is 0 Å². The quantitative estimate of drug-likeness (QED) is 0.863. The van der Waals surface area contributed by atoms with Crippen molar-refractivity contribution in [3.63, 3.8) is 0 Å². The average molecular weight is 247 g/mol. The summed E-state index contributed by atoms with van der Waals surface area (Å²) in [5, 5.41) is 12.8. The third-order valence-corrected chi connectivity index (χ3v) is 2.48. The molecule has 0 radical (unpaired) electrons. The Balaban J connectivity index is 1.87. The minimum absolute atomic E-state index is 0.245. The molecule has 0 atom stereocenters. The fraction of sp³-hybridized carbons (Fsp3) is 0.250. The minimum Gasteiger partial charge on any atom is -0.492 e. The molecule has 0 bridgehead atoms. The lowest BCUT2D eigenvalue weighted by molar-refractivity contribution is 0.0697. The van der Waals surface area contributed by atoms with Crippen molar-refractivity contribution >= 4 is 5.97 Å². The van der Waals surface area contributed by atoms with Crippen LogP contribution in [0.15, 0.2) is 30.6 Å². The number of aryl methyl sites for hydroxylation is 1.